The number of carbonyl (C=O) groups is 1. The first-order valence-electron chi connectivity index (χ1n) is 4.88. The zero-order valence-electron chi connectivity index (χ0n) is 8.47. The summed E-state index contributed by atoms with van der Waals surface area (Å²) in [5, 5.41) is 8.76. The van der Waals surface area contributed by atoms with Crippen LogP contribution in [0.4, 0.5) is 0 Å². The first-order chi connectivity index (χ1) is 7.20. The zero-order chi connectivity index (χ0) is 10.8. The highest BCUT2D eigenvalue weighted by Crippen LogP contribution is 2.10. The Morgan fingerprint density at radius 3 is 3.00 bits per heavy atom. The van der Waals surface area contributed by atoms with E-state index in [4.69, 9.17) is 5.11 Å². The summed E-state index contributed by atoms with van der Waals surface area (Å²) in [6, 6.07) is 5.52. The zero-order valence-corrected chi connectivity index (χ0v) is 8.47. The summed E-state index contributed by atoms with van der Waals surface area (Å²) in [4.78, 5) is 15.0. The number of rotatable bonds is 3. The number of aromatic nitrogens is 2. The molecular formula is C11H12N2O2. The van der Waals surface area contributed by atoms with Crippen molar-refractivity contribution >= 4 is 11.6 Å². The van der Waals surface area contributed by atoms with E-state index < -0.39 is 5.97 Å². The third-order valence-corrected chi connectivity index (χ3v) is 2.32. The van der Waals surface area contributed by atoms with Crippen molar-refractivity contribution in [3.63, 3.8) is 0 Å². The van der Waals surface area contributed by atoms with Crippen LogP contribution in [-0.4, -0.2) is 20.5 Å². The maximum Gasteiger partial charge on any atom is 0.309 e. The van der Waals surface area contributed by atoms with Gasteiger partial charge in [-0.2, -0.15) is 0 Å². The molecule has 2 aromatic rings. The molecule has 0 spiro atoms. The van der Waals surface area contributed by atoms with Crippen LogP contribution < -0.4 is 0 Å². The average Bonchev–Trinajstić information content (AvgIpc) is 2.61. The smallest absolute Gasteiger partial charge is 0.309 e. The Balaban J connectivity index is 2.54. The molecule has 15 heavy (non-hydrogen) atoms. The van der Waals surface area contributed by atoms with E-state index in [0.29, 0.717) is 0 Å². The molecule has 0 radical (unpaired) electrons. The third kappa shape index (κ3) is 1.83. The van der Waals surface area contributed by atoms with E-state index >= 15 is 0 Å². The van der Waals surface area contributed by atoms with Crippen molar-refractivity contribution in [2.45, 2.75) is 19.8 Å². The Morgan fingerprint density at radius 1 is 1.53 bits per heavy atom. The van der Waals surface area contributed by atoms with E-state index in [2.05, 4.69) is 4.98 Å². The number of fused-ring (bicyclic) bond motifs is 1. The molecule has 0 fully saturated rings. The van der Waals surface area contributed by atoms with Gasteiger partial charge in [0.05, 0.1) is 12.1 Å². The quantitative estimate of drug-likeness (QED) is 0.824. The van der Waals surface area contributed by atoms with Crippen molar-refractivity contribution in [1.82, 2.24) is 9.38 Å². The minimum Gasteiger partial charge on any atom is -0.481 e. The van der Waals surface area contributed by atoms with Gasteiger partial charge < -0.3 is 9.51 Å². The molecular weight excluding hydrogens is 192 g/mol. The molecule has 0 bridgehead atoms. The molecule has 2 aromatic heterocycles. The molecule has 2 heterocycles. The van der Waals surface area contributed by atoms with Gasteiger partial charge in [0.15, 0.2) is 0 Å². The van der Waals surface area contributed by atoms with Crippen LogP contribution in [-0.2, 0) is 17.6 Å². The Morgan fingerprint density at radius 2 is 2.33 bits per heavy atom. The molecule has 0 saturated heterocycles. The number of hydrogen-bond donors (Lipinski definition) is 1. The van der Waals surface area contributed by atoms with Gasteiger partial charge in [0.2, 0.25) is 0 Å². The highest BCUT2D eigenvalue weighted by Gasteiger charge is 2.06. The maximum absolute atomic E-state index is 10.7. The Kier molecular flexibility index (Phi) is 2.41. The largest absolute Gasteiger partial charge is 0.481 e. The van der Waals surface area contributed by atoms with Gasteiger partial charge >= 0.3 is 5.97 Å². The van der Waals surface area contributed by atoms with Crippen molar-refractivity contribution in [2.24, 2.45) is 0 Å². The van der Waals surface area contributed by atoms with Crippen LogP contribution in [0.5, 0.6) is 0 Å². The monoisotopic (exact) mass is 204 g/mol. The summed E-state index contributed by atoms with van der Waals surface area (Å²) in [5.74, 6) is -0.825. The van der Waals surface area contributed by atoms with Crippen molar-refractivity contribution in [2.75, 3.05) is 0 Å². The summed E-state index contributed by atoms with van der Waals surface area (Å²) in [6.07, 6.45) is 2.78. The van der Waals surface area contributed by atoms with Gasteiger partial charge in [0.1, 0.15) is 5.65 Å². The van der Waals surface area contributed by atoms with Crippen molar-refractivity contribution in [3.05, 3.63) is 35.8 Å². The Bertz CT molecular complexity index is 502. The summed E-state index contributed by atoms with van der Waals surface area (Å²) in [5.41, 5.74) is 2.55. The van der Waals surface area contributed by atoms with Crippen LogP contribution in [0.3, 0.4) is 0 Å². The number of aryl methyl sites for hydroxylation is 1. The van der Waals surface area contributed by atoms with E-state index in [1.807, 2.05) is 35.7 Å². The lowest BCUT2D eigenvalue weighted by Crippen LogP contribution is -2.04. The Labute approximate surface area is 87.2 Å². The number of aliphatic carboxylic acids is 1. The molecule has 78 valence electrons. The second kappa shape index (κ2) is 3.73. The van der Waals surface area contributed by atoms with E-state index in [1.54, 1.807) is 0 Å². The predicted octanol–water partition coefficient (Wildman–Crippen LogP) is 1.52. The molecule has 0 saturated carbocycles. The first-order valence-corrected chi connectivity index (χ1v) is 4.88. The number of carboxylic acids is 1. The molecule has 4 heteroatoms. The van der Waals surface area contributed by atoms with Crippen molar-refractivity contribution < 1.29 is 9.90 Å². The van der Waals surface area contributed by atoms with Crippen molar-refractivity contribution in [3.8, 4) is 0 Å². The summed E-state index contributed by atoms with van der Waals surface area (Å²) >= 11 is 0. The second-order valence-corrected chi connectivity index (χ2v) is 3.40. The van der Waals surface area contributed by atoms with E-state index in [1.165, 1.54) is 0 Å². The van der Waals surface area contributed by atoms with Gasteiger partial charge in [0, 0.05) is 11.9 Å². The summed E-state index contributed by atoms with van der Waals surface area (Å²) < 4.78 is 1.84. The van der Waals surface area contributed by atoms with E-state index in [9.17, 15) is 4.79 Å². The third-order valence-electron chi connectivity index (χ3n) is 2.32. The van der Waals surface area contributed by atoms with Crippen LogP contribution >= 0.6 is 0 Å². The van der Waals surface area contributed by atoms with Crippen LogP contribution in [0.25, 0.3) is 5.65 Å². The molecule has 0 aliphatic heterocycles. The second-order valence-electron chi connectivity index (χ2n) is 3.40. The normalized spacial score (nSPS) is 10.7. The topological polar surface area (TPSA) is 54.6 Å². The van der Waals surface area contributed by atoms with Gasteiger partial charge in [0.25, 0.3) is 0 Å². The molecule has 4 nitrogen and oxygen atoms in total. The number of imidazole rings is 1. The molecule has 0 amide bonds. The van der Waals surface area contributed by atoms with E-state index in [-0.39, 0.29) is 6.42 Å². The maximum atomic E-state index is 10.7. The molecule has 0 unspecified atom stereocenters. The molecule has 0 atom stereocenters. The van der Waals surface area contributed by atoms with Crippen LogP contribution in [0.15, 0.2) is 24.4 Å². The van der Waals surface area contributed by atoms with E-state index in [0.717, 1.165) is 23.5 Å². The lowest BCUT2D eigenvalue weighted by Gasteiger charge is -2.00. The summed E-state index contributed by atoms with van der Waals surface area (Å²) in [7, 11) is 0. The predicted molar refractivity (Wildman–Crippen MR) is 55.9 cm³/mol. The van der Waals surface area contributed by atoms with Gasteiger partial charge in [-0.15, -0.1) is 0 Å². The van der Waals surface area contributed by atoms with Crippen LogP contribution in [0.1, 0.15) is 18.3 Å². The lowest BCUT2D eigenvalue weighted by atomic mass is 10.2. The summed E-state index contributed by atoms with van der Waals surface area (Å²) in [6.45, 7) is 2.03. The number of carboxylic acid groups (broad SMARTS) is 1. The minimum absolute atomic E-state index is 0.0247. The molecule has 1 N–H and O–H groups in total. The van der Waals surface area contributed by atoms with Gasteiger partial charge in [-0.05, 0) is 18.6 Å². The fraction of sp³-hybridized carbons (Fsp3) is 0.273. The molecule has 0 aliphatic rings. The Hall–Kier alpha value is -1.84. The molecule has 0 aliphatic carbocycles. The number of pyridine rings is 1. The van der Waals surface area contributed by atoms with Gasteiger partial charge in [-0.25, -0.2) is 4.98 Å². The fourth-order valence-corrected chi connectivity index (χ4v) is 1.59. The number of nitrogens with zero attached hydrogens (tertiary/aromatic N) is 2. The minimum atomic E-state index is -0.825. The van der Waals surface area contributed by atoms with Crippen molar-refractivity contribution in [1.29, 1.82) is 0 Å². The van der Waals surface area contributed by atoms with Crippen LogP contribution in [0, 0.1) is 0 Å². The standard InChI is InChI=1S/C11H12N2O2/c1-2-8-7-13-9(6-11(14)15)4-3-5-10(13)12-8/h3-5,7H,2,6H2,1H3,(H,14,15). The van der Waals surface area contributed by atoms with Gasteiger partial charge in [-0.1, -0.05) is 13.0 Å². The fourth-order valence-electron chi connectivity index (χ4n) is 1.59. The van der Waals surface area contributed by atoms with Gasteiger partial charge in [-0.3, -0.25) is 4.79 Å². The molecule has 0 aromatic carbocycles. The highest BCUT2D eigenvalue weighted by molar-refractivity contribution is 5.70. The molecule has 2 rings (SSSR count). The number of hydrogen-bond acceptors (Lipinski definition) is 2. The average molecular weight is 204 g/mol. The first kappa shape index (κ1) is 9.71. The van der Waals surface area contributed by atoms with Crippen LogP contribution in [0.2, 0.25) is 0 Å². The SMILES string of the molecule is CCc1cn2c(CC(=O)O)cccc2n1. The lowest BCUT2D eigenvalue weighted by molar-refractivity contribution is -0.136. The highest BCUT2D eigenvalue weighted by atomic mass is 16.4.